The molecular weight excluding hydrogens is 297 g/mol. The average molecular weight is 323 g/mol. The van der Waals surface area contributed by atoms with Crippen LogP contribution in [0.15, 0.2) is 18.2 Å². The fourth-order valence-electron chi connectivity index (χ4n) is 1.84. The minimum atomic E-state index is -1.12. The van der Waals surface area contributed by atoms with Crippen molar-refractivity contribution in [1.29, 1.82) is 0 Å². The van der Waals surface area contributed by atoms with E-state index in [4.69, 9.17) is 0 Å². The van der Waals surface area contributed by atoms with Crippen molar-refractivity contribution in [3.05, 3.63) is 29.6 Å². The molecule has 3 N–H and O–H groups in total. The van der Waals surface area contributed by atoms with Gasteiger partial charge in [-0.25, -0.2) is 9.18 Å². The van der Waals surface area contributed by atoms with Crippen molar-refractivity contribution < 1.29 is 14.0 Å². The zero-order chi connectivity index (χ0) is 17.8. The third-order valence-corrected chi connectivity index (χ3v) is 3.23. The molecule has 0 fully saturated rings. The normalized spacial score (nSPS) is 11.8. The quantitative estimate of drug-likeness (QED) is 0.796. The molecule has 6 heteroatoms. The molecule has 0 saturated heterocycles. The number of hydrogen-bond donors (Lipinski definition) is 3. The SMILES string of the molecule is Cc1cccc(F)c1NC(=O)NC(C)(C)C(=O)NCC(C)(C)C. The Balaban J connectivity index is 2.70. The second kappa shape index (κ2) is 6.98. The summed E-state index contributed by atoms with van der Waals surface area (Å²) in [7, 11) is 0. The number of hydrogen-bond acceptors (Lipinski definition) is 2. The Morgan fingerprint density at radius 3 is 2.26 bits per heavy atom. The number of carbonyl (C=O) groups excluding carboxylic acids is 2. The van der Waals surface area contributed by atoms with Gasteiger partial charge in [-0.05, 0) is 37.8 Å². The summed E-state index contributed by atoms with van der Waals surface area (Å²) in [5.74, 6) is -0.817. The lowest BCUT2D eigenvalue weighted by atomic mass is 9.96. The number of carbonyl (C=O) groups is 2. The van der Waals surface area contributed by atoms with E-state index >= 15 is 0 Å². The lowest BCUT2D eigenvalue weighted by Crippen LogP contribution is -2.56. The van der Waals surface area contributed by atoms with Crippen LogP contribution in [0.1, 0.15) is 40.2 Å². The van der Waals surface area contributed by atoms with Gasteiger partial charge in [-0.1, -0.05) is 32.9 Å². The standard InChI is InChI=1S/C17H26FN3O2/c1-11-8-7-9-12(18)13(11)20-15(23)21-17(5,6)14(22)19-10-16(2,3)4/h7-9H,10H2,1-6H3,(H,19,22)(H2,20,21,23). The molecule has 0 unspecified atom stereocenters. The highest BCUT2D eigenvalue weighted by Gasteiger charge is 2.30. The van der Waals surface area contributed by atoms with Crippen LogP contribution in [0.3, 0.4) is 0 Å². The molecule has 0 spiro atoms. The topological polar surface area (TPSA) is 70.2 Å². The van der Waals surface area contributed by atoms with Crippen LogP contribution in [0.5, 0.6) is 0 Å². The fourth-order valence-corrected chi connectivity index (χ4v) is 1.84. The van der Waals surface area contributed by atoms with Gasteiger partial charge in [-0.15, -0.1) is 0 Å². The van der Waals surface area contributed by atoms with Gasteiger partial charge in [-0.3, -0.25) is 4.79 Å². The molecule has 0 heterocycles. The van der Waals surface area contributed by atoms with Crippen molar-refractivity contribution in [2.24, 2.45) is 5.41 Å². The highest BCUT2D eigenvalue weighted by atomic mass is 19.1. The molecule has 128 valence electrons. The van der Waals surface area contributed by atoms with Gasteiger partial charge >= 0.3 is 6.03 Å². The van der Waals surface area contributed by atoms with Crippen molar-refractivity contribution in [3.8, 4) is 0 Å². The number of nitrogens with one attached hydrogen (secondary N) is 3. The van der Waals surface area contributed by atoms with Gasteiger partial charge < -0.3 is 16.0 Å². The third-order valence-electron chi connectivity index (χ3n) is 3.23. The van der Waals surface area contributed by atoms with E-state index in [1.54, 1.807) is 32.9 Å². The summed E-state index contributed by atoms with van der Waals surface area (Å²) in [6.07, 6.45) is 0. The fraction of sp³-hybridized carbons (Fsp3) is 0.529. The number of para-hydroxylation sites is 1. The van der Waals surface area contributed by atoms with Gasteiger partial charge in [0.05, 0.1) is 5.69 Å². The minimum absolute atomic E-state index is 0.0573. The Morgan fingerprint density at radius 1 is 1.13 bits per heavy atom. The molecule has 0 atom stereocenters. The number of urea groups is 1. The van der Waals surface area contributed by atoms with Crippen LogP contribution in [-0.2, 0) is 4.79 Å². The molecule has 1 aromatic carbocycles. The molecule has 0 aliphatic carbocycles. The second-order valence-electron chi connectivity index (χ2n) is 7.38. The highest BCUT2D eigenvalue weighted by Crippen LogP contribution is 2.19. The molecule has 0 saturated carbocycles. The minimum Gasteiger partial charge on any atom is -0.354 e. The predicted molar refractivity (Wildman–Crippen MR) is 89.8 cm³/mol. The van der Waals surface area contributed by atoms with E-state index in [1.807, 2.05) is 20.8 Å². The summed E-state index contributed by atoms with van der Waals surface area (Å²) >= 11 is 0. The summed E-state index contributed by atoms with van der Waals surface area (Å²) in [5.41, 5.74) is -0.460. The van der Waals surface area contributed by atoms with Gasteiger partial charge in [0.25, 0.3) is 0 Å². The second-order valence-corrected chi connectivity index (χ2v) is 7.38. The monoisotopic (exact) mass is 323 g/mol. The van der Waals surface area contributed by atoms with E-state index < -0.39 is 17.4 Å². The van der Waals surface area contributed by atoms with Crippen molar-refractivity contribution in [2.45, 2.75) is 47.1 Å². The Morgan fingerprint density at radius 2 is 1.74 bits per heavy atom. The van der Waals surface area contributed by atoms with Crippen molar-refractivity contribution in [3.63, 3.8) is 0 Å². The summed E-state index contributed by atoms with van der Waals surface area (Å²) < 4.78 is 13.7. The van der Waals surface area contributed by atoms with E-state index in [-0.39, 0.29) is 17.0 Å². The molecule has 0 aliphatic heterocycles. The predicted octanol–water partition coefficient (Wildman–Crippen LogP) is 3.20. The Labute approximate surface area is 137 Å². The summed E-state index contributed by atoms with van der Waals surface area (Å²) in [5, 5.41) is 7.82. The first-order valence-electron chi connectivity index (χ1n) is 7.55. The number of rotatable bonds is 4. The number of amides is 3. The van der Waals surface area contributed by atoms with Gasteiger partial charge in [0.15, 0.2) is 0 Å². The maximum absolute atomic E-state index is 13.7. The molecule has 1 rings (SSSR count). The number of benzene rings is 1. The zero-order valence-electron chi connectivity index (χ0n) is 14.6. The zero-order valence-corrected chi connectivity index (χ0v) is 14.6. The largest absolute Gasteiger partial charge is 0.354 e. The van der Waals surface area contributed by atoms with Crippen LogP contribution in [0.25, 0.3) is 0 Å². The lowest BCUT2D eigenvalue weighted by molar-refractivity contribution is -0.126. The summed E-state index contributed by atoms with van der Waals surface area (Å²) in [6, 6.07) is 3.90. The smallest absolute Gasteiger partial charge is 0.320 e. The molecule has 5 nitrogen and oxygen atoms in total. The van der Waals surface area contributed by atoms with Gasteiger partial charge in [0.1, 0.15) is 11.4 Å². The molecule has 0 bridgehead atoms. The lowest BCUT2D eigenvalue weighted by Gasteiger charge is -2.28. The van der Waals surface area contributed by atoms with Gasteiger partial charge in [-0.2, -0.15) is 0 Å². The van der Waals surface area contributed by atoms with Crippen molar-refractivity contribution >= 4 is 17.6 Å². The number of aryl methyl sites for hydroxylation is 1. The van der Waals surface area contributed by atoms with Crippen LogP contribution in [-0.4, -0.2) is 24.0 Å². The molecule has 0 radical (unpaired) electrons. The molecular formula is C17H26FN3O2. The van der Waals surface area contributed by atoms with Crippen LogP contribution in [0, 0.1) is 18.2 Å². The molecule has 0 aromatic heterocycles. The summed E-state index contributed by atoms with van der Waals surface area (Å²) in [6.45, 7) is 11.4. The first-order valence-corrected chi connectivity index (χ1v) is 7.55. The van der Waals surface area contributed by atoms with Crippen molar-refractivity contribution in [1.82, 2.24) is 10.6 Å². The van der Waals surface area contributed by atoms with Gasteiger partial charge in [0, 0.05) is 6.54 Å². The Hall–Kier alpha value is -2.11. The first kappa shape index (κ1) is 18.9. The van der Waals surface area contributed by atoms with Crippen molar-refractivity contribution in [2.75, 3.05) is 11.9 Å². The molecule has 3 amide bonds. The van der Waals surface area contributed by atoms with E-state index in [1.165, 1.54) is 6.07 Å². The van der Waals surface area contributed by atoms with Crippen LogP contribution in [0.2, 0.25) is 0 Å². The molecule has 0 aliphatic rings. The van der Waals surface area contributed by atoms with Crippen LogP contribution >= 0.6 is 0 Å². The molecule has 1 aromatic rings. The number of halogens is 1. The number of anilines is 1. The highest BCUT2D eigenvalue weighted by molar-refractivity contribution is 5.96. The van der Waals surface area contributed by atoms with Crippen LogP contribution in [0.4, 0.5) is 14.9 Å². The third kappa shape index (κ3) is 5.88. The maximum Gasteiger partial charge on any atom is 0.320 e. The van der Waals surface area contributed by atoms with Crippen LogP contribution < -0.4 is 16.0 Å². The Kier molecular flexibility index (Phi) is 5.75. The van der Waals surface area contributed by atoms with E-state index in [0.29, 0.717) is 12.1 Å². The molecule has 23 heavy (non-hydrogen) atoms. The van der Waals surface area contributed by atoms with E-state index in [0.717, 1.165) is 0 Å². The van der Waals surface area contributed by atoms with E-state index in [9.17, 15) is 14.0 Å². The first-order chi connectivity index (χ1) is 10.4. The van der Waals surface area contributed by atoms with Gasteiger partial charge in [0.2, 0.25) is 5.91 Å². The van der Waals surface area contributed by atoms with E-state index in [2.05, 4.69) is 16.0 Å². The Bertz CT molecular complexity index is 572. The summed E-state index contributed by atoms with van der Waals surface area (Å²) in [4.78, 5) is 24.3. The maximum atomic E-state index is 13.7. The average Bonchev–Trinajstić information content (AvgIpc) is 2.39.